The van der Waals surface area contributed by atoms with Crippen LogP contribution in [-0.2, 0) is 16.2 Å². The summed E-state index contributed by atoms with van der Waals surface area (Å²) in [7, 11) is -4.44. The van der Waals surface area contributed by atoms with Crippen LogP contribution >= 0.6 is 0 Å². The predicted molar refractivity (Wildman–Crippen MR) is 60.1 cm³/mol. The number of hydrogen-bond donors (Lipinski definition) is 2. The highest BCUT2D eigenvalue weighted by Crippen LogP contribution is 2.35. The fourth-order valence-electron chi connectivity index (χ4n) is 1.26. The van der Waals surface area contributed by atoms with Crippen LogP contribution in [0.15, 0.2) is 23.1 Å². The van der Waals surface area contributed by atoms with Gasteiger partial charge >= 0.3 is 6.18 Å². The van der Waals surface area contributed by atoms with Crippen molar-refractivity contribution in [2.45, 2.75) is 11.1 Å². The predicted octanol–water partition coefficient (Wildman–Crippen LogP) is 1.40. The molecule has 0 fully saturated rings. The van der Waals surface area contributed by atoms with Crippen LogP contribution in [-0.4, -0.2) is 15.0 Å². The number of rotatable bonds is 3. The third-order valence-corrected chi connectivity index (χ3v) is 2.96. The number of anilines is 1. The first kappa shape index (κ1) is 14.3. The molecule has 0 aromatic heterocycles. The maximum absolute atomic E-state index is 12.7. The third-order valence-electron chi connectivity index (χ3n) is 1.99. The molecule has 1 rings (SSSR count). The fraction of sp³-hybridized carbons (Fsp3) is 0.200. The molecule has 0 aliphatic carbocycles. The van der Waals surface area contributed by atoms with Crippen molar-refractivity contribution in [3.8, 4) is 12.3 Å². The number of hydrogen-bond acceptors (Lipinski definition) is 3. The minimum atomic E-state index is -4.82. The van der Waals surface area contributed by atoms with Gasteiger partial charge < -0.3 is 5.32 Å². The number of benzene rings is 1. The molecule has 1 aromatic carbocycles. The molecule has 0 spiro atoms. The number of terminal acetylenes is 1. The lowest BCUT2D eigenvalue weighted by atomic mass is 10.2. The highest BCUT2D eigenvalue weighted by atomic mass is 32.2. The maximum atomic E-state index is 12.7. The summed E-state index contributed by atoms with van der Waals surface area (Å²) in [4.78, 5) is -0.971. The second-order valence-corrected chi connectivity index (χ2v) is 4.84. The Hall–Kier alpha value is -1.72. The van der Waals surface area contributed by atoms with E-state index in [4.69, 9.17) is 11.6 Å². The molecule has 0 radical (unpaired) electrons. The number of alkyl halides is 3. The van der Waals surface area contributed by atoms with Gasteiger partial charge in [-0.15, -0.1) is 6.42 Å². The minimum absolute atomic E-state index is 0.0199. The van der Waals surface area contributed by atoms with Crippen molar-refractivity contribution in [3.05, 3.63) is 23.8 Å². The summed E-state index contributed by atoms with van der Waals surface area (Å²) >= 11 is 0. The van der Waals surface area contributed by atoms with Gasteiger partial charge in [0, 0.05) is 5.69 Å². The fourth-order valence-corrected chi connectivity index (χ4v) is 2.00. The zero-order chi connectivity index (χ0) is 14.0. The van der Waals surface area contributed by atoms with Crippen molar-refractivity contribution < 1.29 is 21.6 Å². The summed E-state index contributed by atoms with van der Waals surface area (Å²) in [5.74, 6) is 2.18. The normalized spacial score (nSPS) is 11.9. The Morgan fingerprint density at radius 2 is 2.00 bits per heavy atom. The third kappa shape index (κ3) is 3.38. The summed E-state index contributed by atoms with van der Waals surface area (Å²) in [5, 5.41) is 7.24. The zero-order valence-electron chi connectivity index (χ0n) is 8.95. The molecule has 8 heteroatoms. The van der Waals surface area contributed by atoms with E-state index in [9.17, 15) is 21.6 Å². The second kappa shape index (κ2) is 4.88. The van der Waals surface area contributed by atoms with Crippen LogP contribution in [0.3, 0.4) is 0 Å². The van der Waals surface area contributed by atoms with Crippen molar-refractivity contribution in [2.75, 3.05) is 11.9 Å². The lowest BCUT2D eigenvalue weighted by Gasteiger charge is -2.13. The van der Waals surface area contributed by atoms with Gasteiger partial charge in [0.2, 0.25) is 10.0 Å². The van der Waals surface area contributed by atoms with E-state index in [1.54, 1.807) is 0 Å². The molecule has 0 amide bonds. The summed E-state index contributed by atoms with van der Waals surface area (Å²) in [6.45, 7) is 0.0199. The van der Waals surface area contributed by atoms with E-state index in [0.29, 0.717) is 6.07 Å². The number of halogens is 3. The van der Waals surface area contributed by atoms with E-state index in [-0.39, 0.29) is 12.2 Å². The van der Waals surface area contributed by atoms with Crippen molar-refractivity contribution in [3.63, 3.8) is 0 Å². The number of primary sulfonamides is 1. The molecule has 1 aromatic rings. The monoisotopic (exact) mass is 278 g/mol. The van der Waals surface area contributed by atoms with Gasteiger partial charge in [-0.25, -0.2) is 13.6 Å². The zero-order valence-corrected chi connectivity index (χ0v) is 9.77. The molecule has 98 valence electrons. The van der Waals surface area contributed by atoms with E-state index < -0.39 is 26.7 Å². The van der Waals surface area contributed by atoms with Gasteiger partial charge in [0.15, 0.2) is 0 Å². The van der Waals surface area contributed by atoms with Gasteiger partial charge in [-0.05, 0) is 18.2 Å². The minimum Gasteiger partial charge on any atom is -0.374 e. The lowest BCUT2D eigenvalue weighted by Crippen LogP contribution is -2.19. The van der Waals surface area contributed by atoms with E-state index >= 15 is 0 Å². The highest BCUT2D eigenvalue weighted by Gasteiger charge is 2.36. The molecule has 0 unspecified atom stereocenters. The molecular formula is C10H9F3N2O2S. The topological polar surface area (TPSA) is 72.2 Å². The molecule has 0 atom stereocenters. The van der Waals surface area contributed by atoms with E-state index in [2.05, 4.69) is 11.2 Å². The van der Waals surface area contributed by atoms with Crippen LogP contribution in [0.5, 0.6) is 0 Å². The number of nitrogens with one attached hydrogen (secondary N) is 1. The molecule has 0 aliphatic rings. The van der Waals surface area contributed by atoms with Gasteiger partial charge in [0.1, 0.15) is 0 Å². The molecule has 3 N–H and O–H groups in total. The largest absolute Gasteiger partial charge is 0.417 e. The molecule has 4 nitrogen and oxygen atoms in total. The van der Waals surface area contributed by atoms with Crippen molar-refractivity contribution >= 4 is 15.7 Å². The summed E-state index contributed by atoms with van der Waals surface area (Å²) < 4.78 is 60.2. The molecule has 0 saturated heterocycles. The van der Waals surface area contributed by atoms with Crippen LogP contribution in [0.2, 0.25) is 0 Å². The van der Waals surface area contributed by atoms with Crippen LogP contribution in [0.1, 0.15) is 5.56 Å². The Morgan fingerprint density at radius 1 is 1.39 bits per heavy atom. The average Bonchev–Trinajstić information content (AvgIpc) is 2.23. The van der Waals surface area contributed by atoms with Crippen LogP contribution in [0, 0.1) is 12.3 Å². The van der Waals surface area contributed by atoms with Gasteiger partial charge in [-0.1, -0.05) is 5.92 Å². The van der Waals surface area contributed by atoms with Crippen LogP contribution in [0.4, 0.5) is 18.9 Å². The standard InChI is InChI=1S/C10H9F3N2O2S/c1-2-5-15-7-3-4-9(18(14,16)17)8(6-7)10(11,12)13/h1,3-4,6,15H,5H2,(H2,14,16,17). The first-order valence-corrected chi connectivity index (χ1v) is 6.12. The summed E-state index contributed by atoms with van der Waals surface area (Å²) in [6.07, 6.45) is 0.125. The molecular weight excluding hydrogens is 269 g/mol. The SMILES string of the molecule is C#CCNc1ccc(S(N)(=O)=O)c(C(F)(F)F)c1. The Labute approximate surface area is 102 Å². The number of sulfonamides is 1. The van der Waals surface area contributed by atoms with Crippen molar-refractivity contribution in [1.29, 1.82) is 0 Å². The Bertz CT molecular complexity index is 588. The van der Waals surface area contributed by atoms with Crippen LogP contribution in [0.25, 0.3) is 0 Å². The number of nitrogens with two attached hydrogens (primary N) is 1. The highest BCUT2D eigenvalue weighted by molar-refractivity contribution is 7.89. The van der Waals surface area contributed by atoms with Crippen molar-refractivity contribution in [1.82, 2.24) is 0 Å². The van der Waals surface area contributed by atoms with Crippen LogP contribution < -0.4 is 10.5 Å². The summed E-state index contributed by atoms with van der Waals surface area (Å²) in [6, 6.07) is 2.60. The van der Waals surface area contributed by atoms with E-state index in [1.807, 2.05) is 0 Å². The maximum Gasteiger partial charge on any atom is 0.417 e. The second-order valence-electron chi connectivity index (χ2n) is 3.31. The molecule has 18 heavy (non-hydrogen) atoms. The molecule has 0 heterocycles. The molecule has 0 aliphatic heterocycles. The van der Waals surface area contributed by atoms with Gasteiger partial charge in [0.25, 0.3) is 0 Å². The first-order chi connectivity index (χ1) is 8.16. The smallest absolute Gasteiger partial charge is 0.374 e. The van der Waals surface area contributed by atoms with E-state index in [1.165, 1.54) is 0 Å². The van der Waals surface area contributed by atoms with Gasteiger partial charge in [-0.2, -0.15) is 13.2 Å². The summed E-state index contributed by atoms with van der Waals surface area (Å²) in [5.41, 5.74) is -1.26. The lowest BCUT2D eigenvalue weighted by molar-refractivity contribution is -0.139. The van der Waals surface area contributed by atoms with Gasteiger partial charge in [-0.3, -0.25) is 0 Å². The first-order valence-electron chi connectivity index (χ1n) is 4.57. The van der Waals surface area contributed by atoms with E-state index in [0.717, 1.165) is 12.1 Å². The van der Waals surface area contributed by atoms with Gasteiger partial charge in [0.05, 0.1) is 17.0 Å². The molecule has 0 bridgehead atoms. The Kier molecular flexibility index (Phi) is 3.88. The molecule has 0 saturated carbocycles. The Morgan fingerprint density at radius 3 is 2.44 bits per heavy atom. The quantitative estimate of drug-likeness (QED) is 0.821. The average molecular weight is 278 g/mol. The Balaban J connectivity index is 3.36. The van der Waals surface area contributed by atoms with Crippen molar-refractivity contribution in [2.24, 2.45) is 5.14 Å².